The normalized spacial score (nSPS) is 12.8. The summed E-state index contributed by atoms with van der Waals surface area (Å²) in [7, 11) is -1.95. The Bertz CT molecular complexity index is 571. The van der Waals surface area contributed by atoms with Gasteiger partial charge < -0.3 is 10.1 Å². The SMILES string of the molecule is COC(=O)c1cc(NC(C)CS(C)(=O)=O)ccc1F. The number of methoxy groups -OCH3 is 1. The average Bonchev–Trinajstić information content (AvgIpc) is 2.28. The van der Waals surface area contributed by atoms with Crippen molar-refractivity contribution >= 4 is 21.5 Å². The van der Waals surface area contributed by atoms with E-state index in [0.29, 0.717) is 5.69 Å². The van der Waals surface area contributed by atoms with Crippen molar-refractivity contribution in [1.29, 1.82) is 0 Å². The van der Waals surface area contributed by atoms with Crippen molar-refractivity contribution in [2.24, 2.45) is 0 Å². The molecule has 0 amide bonds. The van der Waals surface area contributed by atoms with Gasteiger partial charge in [-0.15, -0.1) is 0 Å². The highest BCUT2D eigenvalue weighted by molar-refractivity contribution is 7.90. The number of halogens is 1. The minimum absolute atomic E-state index is 0.0576. The lowest BCUT2D eigenvalue weighted by atomic mass is 10.2. The Hall–Kier alpha value is -1.63. The molecular formula is C12H16FNO4S. The summed E-state index contributed by atoms with van der Waals surface area (Å²) >= 11 is 0. The number of hydrogen-bond donors (Lipinski definition) is 1. The van der Waals surface area contributed by atoms with Crippen LogP contribution in [-0.2, 0) is 14.6 Å². The third-order valence-electron chi connectivity index (χ3n) is 2.34. The van der Waals surface area contributed by atoms with Crippen molar-refractivity contribution in [3.8, 4) is 0 Å². The fourth-order valence-corrected chi connectivity index (χ4v) is 2.65. The van der Waals surface area contributed by atoms with Crippen LogP contribution in [0.5, 0.6) is 0 Å². The van der Waals surface area contributed by atoms with Gasteiger partial charge in [0.2, 0.25) is 0 Å². The third kappa shape index (κ3) is 4.86. The van der Waals surface area contributed by atoms with E-state index in [4.69, 9.17) is 0 Å². The van der Waals surface area contributed by atoms with Gasteiger partial charge in [0.15, 0.2) is 0 Å². The highest BCUT2D eigenvalue weighted by Crippen LogP contribution is 2.16. The summed E-state index contributed by atoms with van der Waals surface area (Å²) in [5.74, 6) is -1.53. The summed E-state index contributed by atoms with van der Waals surface area (Å²) in [4.78, 5) is 11.3. The Kier molecular flexibility index (Phi) is 4.88. The molecule has 0 aliphatic carbocycles. The predicted octanol–water partition coefficient (Wildman–Crippen LogP) is 1.46. The molecule has 1 rings (SSSR count). The molecule has 5 nitrogen and oxygen atoms in total. The van der Waals surface area contributed by atoms with Gasteiger partial charge >= 0.3 is 5.97 Å². The van der Waals surface area contributed by atoms with E-state index in [2.05, 4.69) is 10.1 Å². The largest absolute Gasteiger partial charge is 0.465 e. The molecule has 0 saturated carbocycles. The van der Waals surface area contributed by atoms with E-state index < -0.39 is 21.6 Å². The summed E-state index contributed by atoms with van der Waals surface area (Å²) in [5.41, 5.74) is 0.261. The summed E-state index contributed by atoms with van der Waals surface area (Å²) in [6, 6.07) is 3.49. The smallest absolute Gasteiger partial charge is 0.340 e. The van der Waals surface area contributed by atoms with E-state index >= 15 is 0 Å². The number of benzene rings is 1. The van der Waals surface area contributed by atoms with Crippen LogP contribution in [0.1, 0.15) is 17.3 Å². The van der Waals surface area contributed by atoms with Crippen LogP contribution < -0.4 is 5.32 Å². The fraction of sp³-hybridized carbons (Fsp3) is 0.417. The summed E-state index contributed by atoms with van der Waals surface area (Å²) in [5, 5.41) is 2.89. The lowest BCUT2D eigenvalue weighted by molar-refractivity contribution is 0.0595. The summed E-state index contributed by atoms with van der Waals surface area (Å²) in [6.07, 6.45) is 1.13. The molecule has 0 bridgehead atoms. The van der Waals surface area contributed by atoms with Crippen molar-refractivity contribution in [3.63, 3.8) is 0 Å². The molecule has 1 aromatic rings. The number of carbonyl (C=O) groups is 1. The zero-order valence-corrected chi connectivity index (χ0v) is 11.8. The molecule has 106 valence electrons. The summed E-state index contributed by atoms with van der Waals surface area (Å²) < 4.78 is 40.1. The lowest BCUT2D eigenvalue weighted by Gasteiger charge is -2.15. The minimum Gasteiger partial charge on any atom is -0.465 e. The second-order valence-corrected chi connectivity index (χ2v) is 6.51. The van der Waals surface area contributed by atoms with Crippen LogP contribution >= 0.6 is 0 Å². The molecule has 0 fully saturated rings. The first-order chi connectivity index (χ1) is 8.73. The Morgan fingerprint density at radius 2 is 2.11 bits per heavy atom. The second kappa shape index (κ2) is 6.01. The van der Waals surface area contributed by atoms with Gasteiger partial charge in [-0.3, -0.25) is 0 Å². The molecule has 7 heteroatoms. The first-order valence-electron chi connectivity index (χ1n) is 5.55. The van der Waals surface area contributed by atoms with Crippen molar-refractivity contribution in [2.75, 3.05) is 24.4 Å². The Labute approximate surface area is 111 Å². The summed E-state index contributed by atoms with van der Waals surface area (Å²) in [6.45, 7) is 1.68. The molecular weight excluding hydrogens is 273 g/mol. The molecule has 0 spiro atoms. The van der Waals surface area contributed by atoms with E-state index in [-0.39, 0.29) is 17.4 Å². The van der Waals surface area contributed by atoms with E-state index in [1.165, 1.54) is 12.1 Å². The number of nitrogens with one attached hydrogen (secondary N) is 1. The zero-order chi connectivity index (χ0) is 14.6. The maximum Gasteiger partial charge on any atom is 0.340 e. The Morgan fingerprint density at radius 3 is 2.63 bits per heavy atom. The van der Waals surface area contributed by atoms with Crippen molar-refractivity contribution in [1.82, 2.24) is 0 Å². The topological polar surface area (TPSA) is 72.5 Å². The molecule has 0 aliphatic rings. The van der Waals surface area contributed by atoms with Crippen LogP contribution in [0, 0.1) is 5.82 Å². The average molecular weight is 289 g/mol. The van der Waals surface area contributed by atoms with Crippen molar-refractivity contribution in [2.45, 2.75) is 13.0 Å². The number of ether oxygens (including phenoxy) is 1. The van der Waals surface area contributed by atoms with E-state index in [1.54, 1.807) is 6.92 Å². The van der Waals surface area contributed by atoms with Crippen LogP contribution in [0.2, 0.25) is 0 Å². The van der Waals surface area contributed by atoms with Gasteiger partial charge in [0, 0.05) is 18.0 Å². The number of rotatable bonds is 5. The number of sulfone groups is 1. The molecule has 0 saturated heterocycles. The first kappa shape index (κ1) is 15.4. The third-order valence-corrected chi connectivity index (χ3v) is 3.44. The van der Waals surface area contributed by atoms with Crippen LogP contribution in [0.3, 0.4) is 0 Å². The number of hydrogen-bond acceptors (Lipinski definition) is 5. The lowest BCUT2D eigenvalue weighted by Crippen LogP contribution is -2.25. The van der Waals surface area contributed by atoms with Crippen LogP contribution in [-0.4, -0.2) is 39.5 Å². The van der Waals surface area contributed by atoms with Crippen LogP contribution in [0.4, 0.5) is 10.1 Å². The minimum atomic E-state index is -3.11. The molecule has 0 aliphatic heterocycles. The van der Waals surface area contributed by atoms with Crippen LogP contribution in [0.15, 0.2) is 18.2 Å². The highest BCUT2D eigenvalue weighted by atomic mass is 32.2. The Morgan fingerprint density at radius 1 is 1.47 bits per heavy atom. The first-order valence-corrected chi connectivity index (χ1v) is 7.61. The number of anilines is 1. The molecule has 1 unspecified atom stereocenters. The molecule has 1 atom stereocenters. The van der Waals surface area contributed by atoms with E-state index in [9.17, 15) is 17.6 Å². The zero-order valence-electron chi connectivity index (χ0n) is 10.9. The fourth-order valence-electron chi connectivity index (χ4n) is 1.66. The molecule has 0 heterocycles. The van der Waals surface area contributed by atoms with Gasteiger partial charge in [0.1, 0.15) is 15.7 Å². The van der Waals surface area contributed by atoms with Crippen molar-refractivity contribution in [3.05, 3.63) is 29.6 Å². The standard InChI is InChI=1S/C12H16FNO4S/c1-8(7-19(3,16)17)14-9-4-5-11(13)10(6-9)12(15)18-2/h4-6,8,14H,7H2,1-3H3. The molecule has 0 aromatic heterocycles. The predicted molar refractivity (Wildman–Crippen MR) is 70.5 cm³/mol. The van der Waals surface area contributed by atoms with Gasteiger partial charge in [-0.1, -0.05) is 0 Å². The highest BCUT2D eigenvalue weighted by Gasteiger charge is 2.15. The maximum atomic E-state index is 13.4. The van der Waals surface area contributed by atoms with Gasteiger partial charge in [-0.05, 0) is 25.1 Å². The number of carbonyl (C=O) groups excluding carboxylic acids is 1. The monoisotopic (exact) mass is 289 g/mol. The maximum absolute atomic E-state index is 13.4. The van der Waals surface area contributed by atoms with E-state index in [1.807, 2.05) is 0 Å². The second-order valence-electron chi connectivity index (χ2n) is 4.32. The molecule has 1 N–H and O–H groups in total. The number of esters is 1. The molecule has 19 heavy (non-hydrogen) atoms. The van der Waals surface area contributed by atoms with Gasteiger partial charge in [0.05, 0.1) is 18.4 Å². The van der Waals surface area contributed by atoms with E-state index in [0.717, 1.165) is 19.4 Å². The van der Waals surface area contributed by atoms with Gasteiger partial charge in [-0.25, -0.2) is 17.6 Å². The van der Waals surface area contributed by atoms with Gasteiger partial charge in [0.25, 0.3) is 0 Å². The molecule has 0 radical (unpaired) electrons. The molecule has 1 aromatic carbocycles. The van der Waals surface area contributed by atoms with Gasteiger partial charge in [-0.2, -0.15) is 0 Å². The van der Waals surface area contributed by atoms with Crippen molar-refractivity contribution < 1.29 is 22.3 Å². The Balaban J connectivity index is 2.88. The van der Waals surface area contributed by atoms with Crippen LogP contribution in [0.25, 0.3) is 0 Å². The quantitative estimate of drug-likeness (QED) is 0.831.